The summed E-state index contributed by atoms with van der Waals surface area (Å²) in [6.45, 7) is 0. The number of anilines is 1. The van der Waals surface area contributed by atoms with E-state index >= 15 is 0 Å². The molecule has 0 unspecified atom stereocenters. The minimum Gasteiger partial charge on any atom is -0.477 e. The van der Waals surface area contributed by atoms with Gasteiger partial charge in [0.2, 0.25) is 5.43 Å². The fourth-order valence-corrected chi connectivity index (χ4v) is 3.94. The molecule has 0 aliphatic heterocycles. The predicted octanol–water partition coefficient (Wildman–Crippen LogP) is 6.24. The molecule has 2 N–H and O–H groups in total. The molecule has 1 aromatic heterocycles. The Hall–Kier alpha value is -5.17. The topological polar surface area (TPSA) is 97.6 Å². The fourth-order valence-electron chi connectivity index (χ4n) is 3.94. The first-order valence-corrected chi connectivity index (χ1v) is 11.1. The van der Waals surface area contributed by atoms with E-state index in [-0.39, 0.29) is 5.39 Å². The maximum atomic E-state index is 13.3. The second-order valence-electron chi connectivity index (χ2n) is 7.98. The number of pyridine rings is 1. The Bertz CT molecular complexity index is 1640. The molecule has 0 atom stereocenters. The van der Waals surface area contributed by atoms with Crippen molar-refractivity contribution in [2.45, 2.75) is 0 Å². The quantitative estimate of drug-likeness (QED) is 0.313. The summed E-state index contributed by atoms with van der Waals surface area (Å²) in [5, 5.41) is 12.5. The third-order valence-electron chi connectivity index (χ3n) is 5.67. The SMILES string of the molecule is O=C(O)c1cn(C(=O)Nc2ccccc2-c2ccc(Oc3ccccc3)cc2)c2ccccc2c1=O. The number of hydrogen-bond acceptors (Lipinski definition) is 4. The average Bonchev–Trinajstić information content (AvgIpc) is 2.90. The number of benzene rings is 4. The molecule has 1 heterocycles. The molecular weight excluding hydrogens is 456 g/mol. The summed E-state index contributed by atoms with van der Waals surface area (Å²) in [5.74, 6) is 0.00454. The average molecular weight is 476 g/mol. The third kappa shape index (κ3) is 4.45. The number of hydrogen-bond donors (Lipinski definition) is 2. The van der Waals surface area contributed by atoms with Crippen molar-refractivity contribution in [2.24, 2.45) is 0 Å². The Morgan fingerprint density at radius 2 is 1.39 bits per heavy atom. The first-order valence-electron chi connectivity index (χ1n) is 11.1. The van der Waals surface area contributed by atoms with Crippen molar-refractivity contribution < 1.29 is 19.4 Å². The number of aromatic carboxylic acids is 1. The first-order chi connectivity index (χ1) is 17.5. The van der Waals surface area contributed by atoms with Crippen LogP contribution in [0.15, 0.2) is 114 Å². The molecule has 0 fully saturated rings. The third-order valence-corrected chi connectivity index (χ3v) is 5.67. The van der Waals surface area contributed by atoms with E-state index in [0.29, 0.717) is 17.0 Å². The van der Waals surface area contributed by atoms with Gasteiger partial charge in [0.25, 0.3) is 0 Å². The van der Waals surface area contributed by atoms with E-state index in [1.807, 2.05) is 66.7 Å². The number of carboxylic acids is 1. The summed E-state index contributed by atoms with van der Waals surface area (Å²) >= 11 is 0. The lowest BCUT2D eigenvalue weighted by Crippen LogP contribution is -2.25. The van der Waals surface area contributed by atoms with E-state index in [1.165, 1.54) is 6.07 Å². The number of nitrogens with zero attached hydrogens (tertiary/aromatic N) is 1. The molecule has 0 radical (unpaired) electrons. The standard InChI is InChI=1S/C29H20N2O5/c32-27-23-11-5-7-13-26(23)31(18-24(27)28(33)34)29(35)30-25-12-6-4-10-22(25)19-14-16-21(17-15-19)36-20-8-2-1-3-9-20/h1-18H,(H,30,35)(H,33,34). The second-order valence-corrected chi connectivity index (χ2v) is 7.98. The molecule has 0 saturated heterocycles. The minimum atomic E-state index is -1.40. The van der Waals surface area contributed by atoms with Crippen LogP contribution < -0.4 is 15.5 Å². The molecule has 176 valence electrons. The Kier molecular flexibility index (Phi) is 6.03. The first kappa shape index (κ1) is 22.6. The van der Waals surface area contributed by atoms with Gasteiger partial charge in [-0.15, -0.1) is 0 Å². The lowest BCUT2D eigenvalue weighted by atomic mass is 10.0. The fraction of sp³-hybridized carbons (Fsp3) is 0. The van der Waals surface area contributed by atoms with Crippen molar-refractivity contribution >= 4 is 28.6 Å². The van der Waals surface area contributed by atoms with Crippen LogP contribution in [0.1, 0.15) is 10.4 Å². The molecule has 0 spiro atoms. The van der Waals surface area contributed by atoms with Crippen molar-refractivity contribution in [1.82, 2.24) is 4.57 Å². The van der Waals surface area contributed by atoms with Gasteiger partial charge in [0.15, 0.2) is 0 Å². The van der Waals surface area contributed by atoms with E-state index in [1.54, 1.807) is 30.3 Å². The van der Waals surface area contributed by atoms with Crippen LogP contribution in [0.3, 0.4) is 0 Å². The second kappa shape index (κ2) is 9.60. The van der Waals surface area contributed by atoms with Crippen LogP contribution in [0.4, 0.5) is 10.5 Å². The predicted molar refractivity (Wildman–Crippen MR) is 138 cm³/mol. The summed E-state index contributed by atoms with van der Waals surface area (Å²) < 4.78 is 7.00. The van der Waals surface area contributed by atoms with Gasteiger partial charge in [0, 0.05) is 17.1 Å². The van der Waals surface area contributed by atoms with Gasteiger partial charge in [0.05, 0.1) is 11.2 Å². The number of carbonyl (C=O) groups is 2. The highest BCUT2D eigenvalue weighted by Gasteiger charge is 2.18. The van der Waals surface area contributed by atoms with E-state index in [0.717, 1.165) is 27.6 Å². The van der Waals surface area contributed by atoms with E-state index in [9.17, 15) is 19.5 Å². The van der Waals surface area contributed by atoms with Gasteiger partial charge in [-0.25, -0.2) is 9.59 Å². The molecule has 0 aliphatic carbocycles. The zero-order valence-electron chi connectivity index (χ0n) is 18.9. The van der Waals surface area contributed by atoms with E-state index < -0.39 is 23.0 Å². The van der Waals surface area contributed by atoms with Crippen molar-refractivity contribution in [3.8, 4) is 22.6 Å². The number of rotatable bonds is 5. The largest absolute Gasteiger partial charge is 0.477 e. The van der Waals surface area contributed by atoms with Crippen molar-refractivity contribution in [1.29, 1.82) is 0 Å². The molecule has 5 aromatic rings. The van der Waals surface area contributed by atoms with E-state index in [4.69, 9.17) is 4.74 Å². The van der Waals surface area contributed by atoms with Crippen LogP contribution >= 0.6 is 0 Å². The number of fused-ring (bicyclic) bond motifs is 1. The highest BCUT2D eigenvalue weighted by molar-refractivity contribution is 6.02. The Morgan fingerprint density at radius 1 is 0.750 bits per heavy atom. The Balaban J connectivity index is 1.47. The maximum Gasteiger partial charge on any atom is 0.341 e. The number of carbonyl (C=O) groups excluding carboxylic acids is 1. The summed E-state index contributed by atoms with van der Waals surface area (Å²) in [6, 6.07) is 30.0. The van der Waals surface area contributed by atoms with Gasteiger partial charge >= 0.3 is 12.0 Å². The number of ether oxygens (including phenoxy) is 1. The number of amides is 1. The lowest BCUT2D eigenvalue weighted by Gasteiger charge is -2.15. The zero-order valence-corrected chi connectivity index (χ0v) is 18.9. The number of para-hydroxylation sites is 3. The van der Waals surface area contributed by atoms with Crippen LogP contribution in [-0.2, 0) is 0 Å². The summed E-state index contributed by atoms with van der Waals surface area (Å²) in [5.41, 5.74) is 1.33. The number of nitrogens with one attached hydrogen (secondary N) is 1. The zero-order chi connectivity index (χ0) is 25.1. The number of carboxylic acid groups (broad SMARTS) is 1. The van der Waals surface area contributed by atoms with Gasteiger partial charge in [-0.05, 0) is 48.0 Å². The van der Waals surface area contributed by atoms with Gasteiger partial charge in [-0.1, -0.05) is 60.7 Å². The normalized spacial score (nSPS) is 10.7. The maximum absolute atomic E-state index is 13.3. The highest BCUT2D eigenvalue weighted by atomic mass is 16.5. The Morgan fingerprint density at radius 3 is 2.14 bits per heavy atom. The lowest BCUT2D eigenvalue weighted by molar-refractivity contribution is 0.0695. The molecule has 7 heteroatoms. The van der Waals surface area contributed by atoms with Crippen molar-refractivity contribution in [3.05, 3.63) is 125 Å². The van der Waals surface area contributed by atoms with Gasteiger partial charge in [-0.3, -0.25) is 9.36 Å². The van der Waals surface area contributed by atoms with Gasteiger partial charge in [-0.2, -0.15) is 0 Å². The molecule has 0 aliphatic rings. The van der Waals surface area contributed by atoms with Crippen LogP contribution in [0, 0.1) is 0 Å². The molecule has 7 nitrogen and oxygen atoms in total. The monoisotopic (exact) mass is 476 g/mol. The van der Waals surface area contributed by atoms with Gasteiger partial charge < -0.3 is 15.2 Å². The molecule has 1 amide bonds. The van der Waals surface area contributed by atoms with Crippen LogP contribution in [0.5, 0.6) is 11.5 Å². The number of aromatic nitrogens is 1. The molecule has 0 bridgehead atoms. The van der Waals surface area contributed by atoms with Crippen molar-refractivity contribution in [2.75, 3.05) is 5.32 Å². The van der Waals surface area contributed by atoms with Gasteiger partial charge in [0.1, 0.15) is 17.1 Å². The minimum absolute atomic E-state index is 0.148. The molecule has 0 saturated carbocycles. The smallest absolute Gasteiger partial charge is 0.341 e. The summed E-state index contributed by atoms with van der Waals surface area (Å²) in [6.07, 6.45) is 1.06. The van der Waals surface area contributed by atoms with Crippen LogP contribution in [0.2, 0.25) is 0 Å². The summed E-state index contributed by atoms with van der Waals surface area (Å²) in [4.78, 5) is 37.5. The highest BCUT2D eigenvalue weighted by Crippen LogP contribution is 2.31. The molecule has 4 aromatic carbocycles. The van der Waals surface area contributed by atoms with Crippen LogP contribution in [-0.4, -0.2) is 21.7 Å². The summed E-state index contributed by atoms with van der Waals surface area (Å²) in [7, 11) is 0. The molecular formula is C29H20N2O5. The molecule has 5 rings (SSSR count). The van der Waals surface area contributed by atoms with Crippen molar-refractivity contribution in [3.63, 3.8) is 0 Å². The van der Waals surface area contributed by atoms with E-state index in [2.05, 4.69) is 5.32 Å². The Labute approximate surface area is 205 Å². The van der Waals surface area contributed by atoms with Crippen LogP contribution in [0.25, 0.3) is 22.0 Å². The molecule has 36 heavy (non-hydrogen) atoms.